The fourth-order valence-electron chi connectivity index (χ4n) is 1.53. The maximum atomic E-state index is 4.45. The van der Waals surface area contributed by atoms with Crippen molar-refractivity contribution in [2.24, 2.45) is 0 Å². The van der Waals surface area contributed by atoms with Crippen molar-refractivity contribution in [1.82, 2.24) is 15.0 Å². The lowest BCUT2D eigenvalue weighted by atomic mass is 10.1. The SMILES string of the molecule is Cc1nc2c(C(C)C)nc(Br)cc2[nH]1. The molecular weight excluding hydrogens is 242 g/mol. The van der Waals surface area contributed by atoms with Gasteiger partial charge in [0.1, 0.15) is 15.9 Å². The van der Waals surface area contributed by atoms with Crippen molar-refractivity contribution in [2.75, 3.05) is 0 Å². The lowest BCUT2D eigenvalue weighted by molar-refractivity contribution is 0.827. The molecule has 0 aliphatic rings. The van der Waals surface area contributed by atoms with E-state index in [0.29, 0.717) is 5.92 Å². The molecule has 74 valence electrons. The van der Waals surface area contributed by atoms with Gasteiger partial charge in [-0.25, -0.2) is 9.97 Å². The van der Waals surface area contributed by atoms with Gasteiger partial charge in [-0.3, -0.25) is 0 Å². The predicted molar refractivity (Wildman–Crippen MR) is 60.4 cm³/mol. The summed E-state index contributed by atoms with van der Waals surface area (Å²) >= 11 is 3.40. The second-order valence-electron chi connectivity index (χ2n) is 3.70. The third kappa shape index (κ3) is 1.54. The number of nitrogens with one attached hydrogen (secondary N) is 1. The van der Waals surface area contributed by atoms with Crippen LogP contribution in [-0.4, -0.2) is 15.0 Å². The first-order valence-electron chi connectivity index (χ1n) is 4.60. The second-order valence-corrected chi connectivity index (χ2v) is 4.52. The molecule has 0 amide bonds. The largest absolute Gasteiger partial charge is 0.342 e. The number of H-pyrrole nitrogens is 1. The van der Waals surface area contributed by atoms with Gasteiger partial charge >= 0.3 is 0 Å². The lowest BCUT2D eigenvalue weighted by Gasteiger charge is -2.05. The molecule has 3 nitrogen and oxygen atoms in total. The van der Waals surface area contributed by atoms with Crippen LogP contribution in [0.1, 0.15) is 31.3 Å². The number of aryl methyl sites for hydroxylation is 1. The minimum atomic E-state index is 0.387. The molecule has 0 fully saturated rings. The van der Waals surface area contributed by atoms with Crippen LogP contribution in [0.5, 0.6) is 0 Å². The Morgan fingerprint density at radius 3 is 2.71 bits per heavy atom. The van der Waals surface area contributed by atoms with Crippen molar-refractivity contribution in [2.45, 2.75) is 26.7 Å². The molecule has 0 spiro atoms. The summed E-state index contributed by atoms with van der Waals surface area (Å²) in [4.78, 5) is 12.1. The summed E-state index contributed by atoms with van der Waals surface area (Å²) in [6.07, 6.45) is 0. The topological polar surface area (TPSA) is 41.6 Å². The lowest BCUT2D eigenvalue weighted by Crippen LogP contribution is -1.94. The summed E-state index contributed by atoms with van der Waals surface area (Å²) in [6, 6.07) is 1.96. The fraction of sp³-hybridized carbons (Fsp3) is 0.400. The normalized spacial score (nSPS) is 11.5. The van der Waals surface area contributed by atoms with Crippen LogP contribution in [0.4, 0.5) is 0 Å². The molecule has 0 aliphatic heterocycles. The molecule has 2 aromatic heterocycles. The van der Waals surface area contributed by atoms with Crippen molar-refractivity contribution in [3.8, 4) is 0 Å². The number of halogens is 1. The van der Waals surface area contributed by atoms with E-state index in [2.05, 4.69) is 44.7 Å². The maximum Gasteiger partial charge on any atom is 0.110 e. The fourth-order valence-corrected chi connectivity index (χ4v) is 1.95. The van der Waals surface area contributed by atoms with Crippen LogP contribution in [0.15, 0.2) is 10.7 Å². The number of pyridine rings is 1. The third-order valence-corrected chi connectivity index (χ3v) is 2.54. The standard InChI is InChI=1S/C10H12BrN3/c1-5(2)9-10-7(4-8(11)14-9)12-6(3)13-10/h4-5H,1-3H3,(H,12,13). The number of rotatable bonds is 1. The molecule has 0 unspecified atom stereocenters. The average molecular weight is 254 g/mol. The first kappa shape index (κ1) is 9.65. The van der Waals surface area contributed by atoms with E-state index in [1.807, 2.05) is 13.0 Å². The molecule has 0 aromatic carbocycles. The van der Waals surface area contributed by atoms with Crippen LogP contribution in [0.2, 0.25) is 0 Å². The van der Waals surface area contributed by atoms with Crippen molar-refractivity contribution in [3.05, 3.63) is 22.2 Å². The molecule has 0 atom stereocenters. The van der Waals surface area contributed by atoms with Gasteiger partial charge in [-0.1, -0.05) is 13.8 Å². The molecule has 0 saturated carbocycles. The van der Waals surface area contributed by atoms with E-state index in [1.165, 1.54) is 0 Å². The molecule has 0 aliphatic carbocycles. The Morgan fingerprint density at radius 1 is 1.36 bits per heavy atom. The van der Waals surface area contributed by atoms with Gasteiger partial charge in [0, 0.05) is 0 Å². The highest BCUT2D eigenvalue weighted by Crippen LogP contribution is 2.24. The zero-order valence-electron chi connectivity index (χ0n) is 8.43. The van der Waals surface area contributed by atoms with Crippen molar-refractivity contribution in [1.29, 1.82) is 0 Å². The van der Waals surface area contributed by atoms with E-state index in [1.54, 1.807) is 0 Å². The van der Waals surface area contributed by atoms with Gasteiger partial charge in [0.25, 0.3) is 0 Å². The Balaban J connectivity index is 2.79. The first-order valence-corrected chi connectivity index (χ1v) is 5.40. The summed E-state index contributed by atoms with van der Waals surface area (Å²) in [5.74, 6) is 1.32. The molecular formula is C10H12BrN3. The smallest absolute Gasteiger partial charge is 0.110 e. The minimum Gasteiger partial charge on any atom is -0.342 e. The van der Waals surface area contributed by atoms with Crippen LogP contribution in [0, 0.1) is 6.92 Å². The van der Waals surface area contributed by atoms with Crippen LogP contribution >= 0.6 is 15.9 Å². The van der Waals surface area contributed by atoms with E-state index in [9.17, 15) is 0 Å². The Hall–Kier alpha value is -0.900. The highest BCUT2D eigenvalue weighted by Gasteiger charge is 2.11. The third-order valence-electron chi connectivity index (χ3n) is 2.13. The van der Waals surface area contributed by atoms with Gasteiger partial charge in [0.05, 0.1) is 11.2 Å². The first-order chi connectivity index (χ1) is 6.58. The molecule has 2 rings (SSSR count). The predicted octanol–water partition coefficient (Wildman–Crippen LogP) is 3.15. The van der Waals surface area contributed by atoms with Crippen molar-refractivity contribution >= 4 is 27.0 Å². The van der Waals surface area contributed by atoms with Crippen molar-refractivity contribution in [3.63, 3.8) is 0 Å². The highest BCUT2D eigenvalue weighted by molar-refractivity contribution is 9.10. The number of imidazole rings is 1. The molecule has 0 saturated heterocycles. The zero-order chi connectivity index (χ0) is 10.3. The number of fused-ring (bicyclic) bond motifs is 1. The molecule has 14 heavy (non-hydrogen) atoms. The van der Waals surface area contributed by atoms with E-state index >= 15 is 0 Å². The number of aromatic amines is 1. The number of nitrogens with zero attached hydrogens (tertiary/aromatic N) is 2. The van der Waals surface area contributed by atoms with E-state index in [0.717, 1.165) is 27.2 Å². The molecule has 0 radical (unpaired) electrons. The monoisotopic (exact) mass is 253 g/mol. The molecule has 0 bridgehead atoms. The summed E-state index contributed by atoms with van der Waals surface area (Å²) in [5.41, 5.74) is 3.08. The van der Waals surface area contributed by atoms with Gasteiger partial charge < -0.3 is 4.98 Å². The second kappa shape index (κ2) is 3.35. The Kier molecular flexibility index (Phi) is 2.31. The highest BCUT2D eigenvalue weighted by atomic mass is 79.9. The van der Waals surface area contributed by atoms with Gasteiger partial charge in [-0.15, -0.1) is 0 Å². The summed E-state index contributed by atoms with van der Waals surface area (Å²) < 4.78 is 0.859. The van der Waals surface area contributed by atoms with Gasteiger partial charge in [-0.2, -0.15) is 0 Å². The Bertz CT molecular complexity index is 473. The average Bonchev–Trinajstić information content (AvgIpc) is 2.42. The Morgan fingerprint density at radius 2 is 2.07 bits per heavy atom. The van der Waals surface area contributed by atoms with Crippen LogP contribution in [0.25, 0.3) is 11.0 Å². The van der Waals surface area contributed by atoms with Crippen LogP contribution in [0.3, 0.4) is 0 Å². The zero-order valence-corrected chi connectivity index (χ0v) is 10.0. The quantitative estimate of drug-likeness (QED) is 0.794. The van der Waals surface area contributed by atoms with E-state index < -0.39 is 0 Å². The number of hydrogen-bond donors (Lipinski definition) is 1. The van der Waals surface area contributed by atoms with E-state index in [-0.39, 0.29) is 0 Å². The van der Waals surface area contributed by atoms with Crippen LogP contribution in [-0.2, 0) is 0 Å². The number of aromatic nitrogens is 3. The van der Waals surface area contributed by atoms with E-state index in [4.69, 9.17) is 0 Å². The summed E-state index contributed by atoms with van der Waals surface area (Å²) in [7, 11) is 0. The van der Waals surface area contributed by atoms with Gasteiger partial charge in [0.15, 0.2) is 0 Å². The summed E-state index contributed by atoms with van der Waals surface area (Å²) in [5, 5.41) is 0. The minimum absolute atomic E-state index is 0.387. The maximum absolute atomic E-state index is 4.45. The molecule has 2 heterocycles. The molecule has 1 N–H and O–H groups in total. The summed E-state index contributed by atoms with van der Waals surface area (Å²) in [6.45, 7) is 6.20. The molecule has 2 aromatic rings. The van der Waals surface area contributed by atoms with Crippen LogP contribution < -0.4 is 0 Å². The van der Waals surface area contributed by atoms with Gasteiger partial charge in [-0.05, 0) is 34.8 Å². The Labute approximate surface area is 91.1 Å². The molecule has 4 heteroatoms. The number of hydrogen-bond acceptors (Lipinski definition) is 2. The van der Waals surface area contributed by atoms with Crippen molar-refractivity contribution < 1.29 is 0 Å². The van der Waals surface area contributed by atoms with Gasteiger partial charge in [0.2, 0.25) is 0 Å².